The summed E-state index contributed by atoms with van der Waals surface area (Å²) >= 11 is 0. The van der Waals surface area contributed by atoms with E-state index in [1.807, 2.05) is 37.3 Å². The first-order valence-corrected chi connectivity index (χ1v) is 5.38. The number of halogens is 1. The maximum Gasteiger partial charge on any atom is 0.121 e. The number of hydrogen-bond acceptors (Lipinski definition) is 1. The van der Waals surface area contributed by atoms with Crippen molar-refractivity contribution in [3.63, 3.8) is 0 Å². The van der Waals surface area contributed by atoms with Crippen LogP contribution in [0.4, 0.5) is 4.39 Å². The molecule has 2 heteroatoms. The lowest BCUT2D eigenvalue weighted by molar-refractivity contribution is 0.0829. The lowest BCUT2D eigenvalue weighted by atomic mass is 10.2. The predicted molar refractivity (Wildman–Crippen MR) is 64.7 cm³/mol. The van der Waals surface area contributed by atoms with E-state index in [9.17, 15) is 4.39 Å². The van der Waals surface area contributed by atoms with Crippen LogP contribution in [0.2, 0.25) is 0 Å². The van der Waals surface area contributed by atoms with Crippen molar-refractivity contribution in [2.75, 3.05) is 0 Å². The summed E-state index contributed by atoms with van der Waals surface area (Å²) in [7, 11) is 0. The average Bonchev–Trinajstić information content (AvgIpc) is 2.28. The molecule has 1 rings (SSSR count). The standard InChI is InChI=1S/C14H17FO/c1-3-7-14(15)10-12(2)16-11-13-8-5-4-6-9-13/h3-10,12H,11H2,1-2H3/b7-3-,14-10+. The first kappa shape index (κ1) is 12.7. The minimum atomic E-state index is -0.261. The fraction of sp³-hybridized carbons (Fsp3) is 0.286. The summed E-state index contributed by atoms with van der Waals surface area (Å²) in [6.45, 7) is 4.11. The number of hydrogen-bond donors (Lipinski definition) is 0. The van der Waals surface area contributed by atoms with Crippen molar-refractivity contribution in [3.8, 4) is 0 Å². The van der Waals surface area contributed by atoms with Gasteiger partial charge in [0.15, 0.2) is 0 Å². The van der Waals surface area contributed by atoms with Crippen LogP contribution in [0.5, 0.6) is 0 Å². The molecule has 0 saturated heterocycles. The summed E-state index contributed by atoms with van der Waals surface area (Å²) in [5, 5.41) is 0. The van der Waals surface area contributed by atoms with Crippen molar-refractivity contribution < 1.29 is 9.13 Å². The van der Waals surface area contributed by atoms with E-state index in [4.69, 9.17) is 4.74 Å². The van der Waals surface area contributed by atoms with Crippen LogP contribution in [0, 0.1) is 0 Å². The van der Waals surface area contributed by atoms with Crippen LogP contribution in [0.15, 0.2) is 54.4 Å². The van der Waals surface area contributed by atoms with Gasteiger partial charge in [-0.05, 0) is 31.6 Å². The monoisotopic (exact) mass is 220 g/mol. The molecule has 0 aliphatic rings. The molecule has 0 aromatic heterocycles. The van der Waals surface area contributed by atoms with E-state index in [0.717, 1.165) is 5.56 Å². The van der Waals surface area contributed by atoms with Crippen LogP contribution in [-0.4, -0.2) is 6.10 Å². The molecule has 1 atom stereocenters. The van der Waals surface area contributed by atoms with Gasteiger partial charge >= 0.3 is 0 Å². The zero-order chi connectivity index (χ0) is 11.8. The van der Waals surface area contributed by atoms with Crippen LogP contribution >= 0.6 is 0 Å². The number of benzene rings is 1. The van der Waals surface area contributed by atoms with Gasteiger partial charge in [-0.2, -0.15) is 0 Å². The smallest absolute Gasteiger partial charge is 0.121 e. The highest BCUT2D eigenvalue weighted by atomic mass is 19.1. The van der Waals surface area contributed by atoms with Crippen molar-refractivity contribution in [1.29, 1.82) is 0 Å². The van der Waals surface area contributed by atoms with Crippen molar-refractivity contribution >= 4 is 0 Å². The Morgan fingerprint density at radius 2 is 2.06 bits per heavy atom. The average molecular weight is 220 g/mol. The molecular formula is C14H17FO. The van der Waals surface area contributed by atoms with E-state index < -0.39 is 0 Å². The zero-order valence-electron chi connectivity index (χ0n) is 9.69. The van der Waals surface area contributed by atoms with E-state index in [2.05, 4.69) is 0 Å². The fourth-order valence-corrected chi connectivity index (χ4v) is 1.29. The quantitative estimate of drug-likeness (QED) is 0.681. The van der Waals surface area contributed by atoms with Crippen molar-refractivity contribution in [1.82, 2.24) is 0 Å². The highest BCUT2D eigenvalue weighted by molar-refractivity contribution is 5.14. The summed E-state index contributed by atoms with van der Waals surface area (Å²) in [4.78, 5) is 0. The van der Waals surface area contributed by atoms with Gasteiger partial charge in [-0.25, -0.2) is 4.39 Å². The van der Waals surface area contributed by atoms with E-state index in [1.165, 1.54) is 12.2 Å². The molecule has 1 aromatic carbocycles. The molecule has 0 amide bonds. The Morgan fingerprint density at radius 1 is 1.38 bits per heavy atom. The summed E-state index contributed by atoms with van der Waals surface area (Å²) in [5.74, 6) is -0.261. The second-order valence-corrected chi connectivity index (χ2v) is 3.55. The van der Waals surface area contributed by atoms with Gasteiger partial charge in [0.25, 0.3) is 0 Å². The number of allylic oxidation sites excluding steroid dienone is 3. The molecular weight excluding hydrogens is 203 g/mol. The number of rotatable bonds is 5. The summed E-state index contributed by atoms with van der Waals surface area (Å²) in [5.41, 5.74) is 1.09. The van der Waals surface area contributed by atoms with Gasteiger partial charge in [0.2, 0.25) is 0 Å². The summed E-state index contributed by atoms with van der Waals surface area (Å²) in [6.07, 6.45) is 4.32. The summed E-state index contributed by atoms with van der Waals surface area (Å²) in [6, 6.07) is 9.84. The second-order valence-electron chi connectivity index (χ2n) is 3.55. The van der Waals surface area contributed by atoms with Crippen molar-refractivity contribution in [2.24, 2.45) is 0 Å². The first-order valence-electron chi connectivity index (χ1n) is 5.38. The topological polar surface area (TPSA) is 9.23 Å². The van der Waals surface area contributed by atoms with Crippen LogP contribution in [0.3, 0.4) is 0 Å². The lowest BCUT2D eigenvalue weighted by Crippen LogP contribution is -2.04. The predicted octanol–water partition coefficient (Wildman–Crippen LogP) is 4.02. The molecule has 86 valence electrons. The molecule has 0 aliphatic carbocycles. The van der Waals surface area contributed by atoms with Crippen molar-refractivity contribution in [3.05, 3.63) is 60.0 Å². The third kappa shape index (κ3) is 4.89. The highest BCUT2D eigenvalue weighted by Crippen LogP contribution is 2.07. The van der Waals surface area contributed by atoms with E-state index in [-0.39, 0.29) is 11.9 Å². The Balaban J connectivity index is 2.41. The minimum Gasteiger partial charge on any atom is -0.370 e. The molecule has 16 heavy (non-hydrogen) atoms. The third-order valence-electron chi connectivity index (χ3n) is 2.08. The Bertz CT molecular complexity index is 354. The van der Waals surface area contributed by atoms with Crippen LogP contribution in [0.1, 0.15) is 19.4 Å². The number of ether oxygens (including phenoxy) is 1. The highest BCUT2D eigenvalue weighted by Gasteiger charge is 2.00. The zero-order valence-corrected chi connectivity index (χ0v) is 9.69. The maximum atomic E-state index is 13.1. The molecule has 0 heterocycles. The van der Waals surface area contributed by atoms with Crippen LogP contribution in [-0.2, 0) is 11.3 Å². The molecule has 0 fully saturated rings. The fourth-order valence-electron chi connectivity index (χ4n) is 1.29. The molecule has 1 nitrogen and oxygen atoms in total. The van der Waals surface area contributed by atoms with Crippen LogP contribution in [0.25, 0.3) is 0 Å². The van der Waals surface area contributed by atoms with Gasteiger partial charge in [0.1, 0.15) is 5.83 Å². The Morgan fingerprint density at radius 3 is 2.69 bits per heavy atom. The third-order valence-corrected chi connectivity index (χ3v) is 2.08. The normalized spacial score (nSPS) is 14.3. The van der Waals surface area contributed by atoms with E-state index >= 15 is 0 Å². The molecule has 0 spiro atoms. The van der Waals surface area contributed by atoms with E-state index in [0.29, 0.717) is 6.61 Å². The molecule has 0 N–H and O–H groups in total. The molecule has 0 bridgehead atoms. The second kappa shape index (κ2) is 6.96. The van der Waals surface area contributed by atoms with Gasteiger partial charge in [-0.3, -0.25) is 0 Å². The maximum absolute atomic E-state index is 13.1. The first-order chi connectivity index (χ1) is 7.72. The van der Waals surface area contributed by atoms with Crippen LogP contribution < -0.4 is 0 Å². The van der Waals surface area contributed by atoms with Gasteiger partial charge in [-0.1, -0.05) is 36.4 Å². The molecule has 0 saturated carbocycles. The molecule has 1 aromatic rings. The molecule has 1 unspecified atom stereocenters. The van der Waals surface area contributed by atoms with Gasteiger partial charge in [0, 0.05) is 0 Å². The largest absolute Gasteiger partial charge is 0.370 e. The van der Waals surface area contributed by atoms with Gasteiger partial charge in [0.05, 0.1) is 12.7 Å². The Kier molecular flexibility index (Phi) is 5.51. The van der Waals surface area contributed by atoms with Gasteiger partial charge in [-0.15, -0.1) is 0 Å². The van der Waals surface area contributed by atoms with E-state index in [1.54, 1.807) is 13.0 Å². The lowest BCUT2D eigenvalue weighted by Gasteiger charge is -2.08. The Labute approximate surface area is 96.3 Å². The molecule has 0 radical (unpaired) electrons. The van der Waals surface area contributed by atoms with Crippen molar-refractivity contribution in [2.45, 2.75) is 26.6 Å². The Hall–Kier alpha value is -1.41. The summed E-state index contributed by atoms with van der Waals surface area (Å²) < 4.78 is 18.6. The SMILES string of the molecule is C/C=C\C(F)=C/C(C)OCc1ccccc1. The molecule has 0 aliphatic heterocycles. The minimum absolute atomic E-state index is 0.226. The van der Waals surface area contributed by atoms with Gasteiger partial charge < -0.3 is 4.74 Å².